The van der Waals surface area contributed by atoms with Crippen molar-refractivity contribution < 1.29 is 14.3 Å². The summed E-state index contributed by atoms with van der Waals surface area (Å²) in [4.78, 5) is 24.1. The highest BCUT2D eigenvalue weighted by molar-refractivity contribution is 5.75. The fourth-order valence-electron chi connectivity index (χ4n) is 10.7. The van der Waals surface area contributed by atoms with Crippen molar-refractivity contribution in [2.75, 3.05) is 59.0 Å². The first kappa shape index (κ1) is 72.8. The summed E-state index contributed by atoms with van der Waals surface area (Å²) in [6, 6.07) is 0. The third kappa shape index (κ3) is 66.9. The second-order valence-electron chi connectivity index (χ2n) is 23.1. The van der Waals surface area contributed by atoms with E-state index < -0.39 is 0 Å². The van der Waals surface area contributed by atoms with Crippen molar-refractivity contribution in [3.8, 4) is 0 Å². The first-order valence-corrected chi connectivity index (χ1v) is 33.9. The van der Waals surface area contributed by atoms with Crippen LogP contribution in [0, 0.1) is 0 Å². The summed E-state index contributed by atoms with van der Waals surface area (Å²) in [5, 5.41) is 13.0. The molecule has 0 aliphatic heterocycles. The van der Waals surface area contributed by atoms with Gasteiger partial charge in [-0.2, -0.15) is 0 Å². The molecule has 0 saturated heterocycles. The molecule has 0 aromatic carbocycles. The molecule has 8 nitrogen and oxygen atoms in total. The van der Waals surface area contributed by atoms with Crippen molar-refractivity contribution in [2.24, 2.45) is 5.73 Å². The van der Waals surface area contributed by atoms with E-state index in [1.54, 1.807) is 0 Å². The number of esters is 1. The van der Waals surface area contributed by atoms with Crippen molar-refractivity contribution in [1.82, 2.24) is 21.3 Å². The zero-order valence-electron chi connectivity index (χ0n) is 50.3. The lowest BCUT2D eigenvalue weighted by atomic mass is 10.0. The zero-order chi connectivity index (χ0) is 53.2. The monoisotopic (exact) mass is 1050 g/mol. The third-order valence-corrected chi connectivity index (χ3v) is 15.7. The molecule has 6 N–H and O–H groups in total. The minimum absolute atomic E-state index is 0.0321. The topological polar surface area (TPSA) is 118 Å². The molecule has 0 bridgehead atoms. The summed E-state index contributed by atoms with van der Waals surface area (Å²) >= 11 is 0. The van der Waals surface area contributed by atoms with E-state index in [4.69, 9.17) is 10.5 Å². The van der Waals surface area contributed by atoms with Gasteiger partial charge in [-0.25, -0.2) is 0 Å². The highest BCUT2D eigenvalue weighted by Crippen LogP contribution is 2.19. The van der Waals surface area contributed by atoms with Crippen molar-refractivity contribution in [1.29, 1.82) is 0 Å². The summed E-state index contributed by atoms with van der Waals surface area (Å²) in [6.45, 7) is 9.57. The van der Waals surface area contributed by atoms with Crippen molar-refractivity contribution >= 4 is 11.9 Å². The number of nitrogens with one attached hydrogen (secondary N) is 4. The smallest absolute Gasteiger partial charge is 0.305 e. The molecule has 0 fully saturated rings. The lowest BCUT2D eigenvalue weighted by Crippen LogP contribution is -2.36. The van der Waals surface area contributed by atoms with Crippen LogP contribution >= 0.6 is 0 Å². The van der Waals surface area contributed by atoms with Crippen LogP contribution in [0.3, 0.4) is 0 Å². The van der Waals surface area contributed by atoms with Crippen molar-refractivity contribution in [3.05, 3.63) is 0 Å². The van der Waals surface area contributed by atoms with E-state index in [0.29, 0.717) is 32.5 Å². The number of hydrogen-bond acceptors (Lipinski definition) is 7. The molecule has 0 unspecified atom stereocenters. The van der Waals surface area contributed by atoms with E-state index >= 15 is 0 Å². The molecule has 0 rings (SSSR count). The van der Waals surface area contributed by atoms with Gasteiger partial charge >= 0.3 is 5.97 Å². The Balaban J connectivity index is 3.16. The number of carbonyl (C=O) groups is 2. The van der Waals surface area contributed by atoms with Gasteiger partial charge in [0.25, 0.3) is 0 Å². The van der Waals surface area contributed by atoms with Gasteiger partial charge in [-0.1, -0.05) is 322 Å². The van der Waals surface area contributed by atoms with Crippen LogP contribution in [0.15, 0.2) is 0 Å². The molecule has 0 spiro atoms. The van der Waals surface area contributed by atoms with Gasteiger partial charge in [-0.15, -0.1) is 0 Å². The van der Waals surface area contributed by atoms with E-state index in [1.807, 2.05) is 0 Å². The van der Waals surface area contributed by atoms with Gasteiger partial charge in [0.15, 0.2) is 0 Å². The molecule has 1 amide bonds. The molecule has 0 aliphatic carbocycles. The number of ether oxygens (including phenoxy) is 1. The van der Waals surface area contributed by atoms with Gasteiger partial charge in [-0.3, -0.25) is 9.59 Å². The summed E-state index contributed by atoms with van der Waals surface area (Å²) in [5.74, 6) is 0.113. The SMILES string of the molecule is CCCCCCCCCCCCCCCCCCCCCCCCCCCCCCCCCCCCCCCCCCCCCCCCOC(=O)CCCCCCCCC(=O)NCCNCCNCCNCCN. The van der Waals surface area contributed by atoms with Crippen LogP contribution in [0.1, 0.15) is 354 Å². The number of amides is 1. The molecule has 0 saturated carbocycles. The number of rotatable bonds is 67. The molecule has 8 heteroatoms. The Morgan fingerprint density at radius 3 is 0.797 bits per heavy atom. The van der Waals surface area contributed by atoms with E-state index in [1.165, 1.54) is 289 Å². The molecule has 0 atom stereocenters. The highest BCUT2D eigenvalue weighted by atomic mass is 16.5. The second-order valence-corrected chi connectivity index (χ2v) is 23.1. The van der Waals surface area contributed by atoms with Crippen LogP contribution in [-0.2, 0) is 14.3 Å². The molecule has 0 aromatic heterocycles. The first-order valence-electron chi connectivity index (χ1n) is 33.9. The van der Waals surface area contributed by atoms with E-state index in [0.717, 1.165) is 84.2 Å². The zero-order valence-corrected chi connectivity index (χ0v) is 50.3. The van der Waals surface area contributed by atoms with Crippen LogP contribution in [-0.4, -0.2) is 70.8 Å². The van der Waals surface area contributed by atoms with Gasteiger partial charge in [-0.05, 0) is 19.3 Å². The standard InChI is InChI=1S/C66H135N5O3/c1-2-3-4-5-6-7-8-9-10-11-12-13-14-15-16-17-18-19-20-21-22-23-24-25-26-27-28-29-30-31-32-33-34-35-36-37-38-39-40-41-42-43-44-47-50-53-64-74-66(73)55-52-49-46-45-48-51-54-65(72)71-63-62-70-61-60-69-59-58-68-57-56-67/h68-70H,2-64,67H2,1H3,(H,71,72). The maximum Gasteiger partial charge on any atom is 0.305 e. The molecular weight excluding hydrogens is 911 g/mol. The minimum Gasteiger partial charge on any atom is -0.466 e. The maximum absolute atomic E-state index is 12.1. The Labute approximate surface area is 463 Å². The molecule has 0 radical (unpaired) electrons. The molecule has 0 aromatic rings. The van der Waals surface area contributed by atoms with E-state index in [2.05, 4.69) is 28.2 Å². The summed E-state index contributed by atoms with van der Waals surface area (Å²) in [7, 11) is 0. The fourth-order valence-corrected chi connectivity index (χ4v) is 10.7. The third-order valence-electron chi connectivity index (χ3n) is 15.7. The average Bonchev–Trinajstić information content (AvgIpc) is 3.40. The van der Waals surface area contributed by atoms with E-state index in [9.17, 15) is 9.59 Å². The first-order chi connectivity index (χ1) is 36.7. The number of unbranched alkanes of at least 4 members (excludes halogenated alkanes) is 50. The van der Waals surface area contributed by atoms with Gasteiger partial charge in [0.2, 0.25) is 5.91 Å². The normalized spacial score (nSPS) is 11.5. The lowest BCUT2D eigenvalue weighted by molar-refractivity contribution is -0.143. The minimum atomic E-state index is -0.0321. The Bertz CT molecular complexity index is 1050. The quantitative estimate of drug-likeness (QED) is 0.0304. The Hall–Kier alpha value is -1.22. The highest BCUT2D eigenvalue weighted by Gasteiger charge is 2.05. The largest absolute Gasteiger partial charge is 0.466 e. The summed E-state index contributed by atoms with van der Waals surface area (Å²) in [5.41, 5.74) is 5.46. The molecule has 0 heterocycles. The predicted octanol–water partition coefficient (Wildman–Crippen LogP) is 18.5. The molecular formula is C66H135N5O3. The Kier molecular flexibility index (Phi) is 66.8. The number of nitrogens with two attached hydrogens (primary N) is 1. The maximum atomic E-state index is 12.1. The van der Waals surface area contributed by atoms with Gasteiger partial charge < -0.3 is 31.7 Å². The molecule has 0 aliphatic rings. The Morgan fingerprint density at radius 2 is 0.514 bits per heavy atom. The Morgan fingerprint density at radius 1 is 0.284 bits per heavy atom. The second kappa shape index (κ2) is 67.9. The van der Waals surface area contributed by atoms with Crippen LogP contribution in [0.5, 0.6) is 0 Å². The van der Waals surface area contributed by atoms with E-state index in [-0.39, 0.29) is 11.9 Å². The fraction of sp³-hybridized carbons (Fsp3) is 0.970. The van der Waals surface area contributed by atoms with Crippen LogP contribution < -0.4 is 27.0 Å². The van der Waals surface area contributed by atoms with Crippen LogP contribution in [0.25, 0.3) is 0 Å². The number of carbonyl (C=O) groups excluding carboxylic acids is 2. The lowest BCUT2D eigenvalue weighted by Gasteiger charge is -2.08. The van der Waals surface area contributed by atoms with Gasteiger partial charge in [0.05, 0.1) is 6.61 Å². The number of hydrogen-bond donors (Lipinski definition) is 5. The van der Waals surface area contributed by atoms with Crippen LogP contribution in [0.4, 0.5) is 0 Å². The molecule has 74 heavy (non-hydrogen) atoms. The predicted molar refractivity (Wildman–Crippen MR) is 327 cm³/mol. The summed E-state index contributed by atoms with van der Waals surface area (Å²) < 4.78 is 5.48. The summed E-state index contributed by atoms with van der Waals surface area (Å²) in [6.07, 6.45) is 73.6. The van der Waals surface area contributed by atoms with Gasteiger partial charge in [0, 0.05) is 65.2 Å². The molecule has 442 valence electrons. The van der Waals surface area contributed by atoms with Crippen molar-refractivity contribution in [3.63, 3.8) is 0 Å². The van der Waals surface area contributed by atoms with Crippen LogP contribution in [0.2, 0.25) is 0 Å². The van der Waals surface area contributed by atoms with Gasteiger partial charge in [0.1, 0.15) is 0 Å². The average molecular weight is 1050 g/mol. The van der Waals surface area contributed by atoms with Crippen molar-refractivity contribution in [2.45, 2.75) is 354 Å².